The summed E-state index contributed by atoms with van der Waals surface area (Å²) in [5.41, 5.74) is 2.92. The monoisotopic (exact) mass is 414 g/mol. The van der Waals surface area contributed by atoms with Crippen molar-refractivity contribution >= 4 is 28.6 Å². The lowest BCUT2D eigenvalue weighted by molar-refractivity contribution is 0.0697. The zero-order valence-electron chi connectivity index (χ0n) is 16.2. The SMILES string of the molecule is CCOc1cc(CN2CCC(n3nnc4cc(C(=O)O)ccc43)CC2)ccc1Cl. The Balaban J connectivity index is 1.41. The van der Waals surface area contributed by atoms with Crippen molar-refractivity contribution in [3.05, 3.63) is 52.5 Å². The van der Waals surface area contributed by atoms with Crippen LogP contribution in [0.25, 0.3) is 11.0 Å². The number of hydrogen-bond acceptors (Lipinski definition) is 5. The number of carboxylic acids is 1. The third kappa shape index (κ3) is 4.21. The molecule has 7 nitrogen and oxygen atoms in total. The van der Waals surface area contributed by atoms with Crippen LogP contribution in [0, 0.1) is 0 Å². The number of piperidine rings is 1. The highest BCUT2D eigenvalue weighted by atomic mass is 35.5. The number of hydrogen-bond donors (Lipinski definition) is 1. The van der Waals surface area contributed by atoms with E-state index < -0.39 is 5.97 Å². The number of carboxylic acid groups (broad SMARTS) is 1. The van der Waals surface area contributed by atoms with E-state index in [9.17, 15) is 4.79 Å². The van der Waals surface area contributed by atoms with E-state index in [1.165, 1.54) is 5.56 Å². The number of benzene rings is 2. The van der Waals surface area contributed by atoms with Gasteiger partial charge in [-0.15, -0.1) is 5.10 Å². The Bertz CT molecular complexity index is 1030. The molecule has 0 aliphatic carbocycles. The fourth-order valence-corrected chi connectivity index (χ4v) is 4.01. The van der Waals surface area contributed by atoms with Gasteiger partial charge < -0.3 is 9.84 Å². The first-order valence-electron chi connectivity index (χ1n) is 9.77. The van der Waals surface area contributed by atoms with Crippen molar-refractivity contribution in [1.29, 1.82) is 0 Å². The highest BCUT2D eigenvalue weighted by Crippen LogP contribution is 2.29. The highest BCUT2D eigenvalue weighted by molar-refractivity contribution is 6.32. The van der Waals surface area contributed by atoms with Crippen LogP contribution in [-0.4, -0.2) is 50.7 Å². The summed E-state index contributed by atoms with van der Waals surface area (Å²) in [7, 11) is 0. The maximum Gasteiger partial charge on any atom is 0.335 e. The van der Waals surface area contributed by atoms with Gasteiger partial charge in [-0.25, -0.2) is 9.48 Å². The standard InChI is InChI=1S/C21H23ClN4O3/c1-2-29-20-11-14(3-5-17(20)22)13-25-9-7-16(8-10-25)26-19-6-4-15(21(27)28)12-18(19)23-24-26/h3-6,11-12,16H,2,7-10,13H2,1H3,(H,27,28). The van der Waals surface area contributed by atoms with Gasteiger partial charge in [0.15, 0.2) is 0 Å². The molecule has 0 atom stereocenters. The molecule has 0 amide bonds. The Hall–Kier alpha value is -2.64. The first-order valence-corrected chi connectivity index (χ1v) is 10.1. The van der Waals surface area contributed by atoms with E-state index in [0.717, 1.165) is 43.7 Å². The van der Waals surface area contributed by atoms with Crippen molar-refractivity contribution in [1.82, 2.24) is 19.9 Å². The van der Waals surface area contributed by atoms with Crippen LogP contribution < -0.4 is 4.74 Å². The number of carbonyl (C=O) groups is 1. The number of halogens is 1. The lowest BCUT2D eigenvalue weighted by atomic mass is 10.0. The first kappa shape index (κ1) is 19.7. The minimum Gasteiger partial charge on any atom is -0.492 e. The van der Waals surface area contributed by atoms with E-state index in [1.54, 1.807) is 18.2 Å². The normalized spacial score (nSPS) is 15.7. The first-order chi connectivity index (χ1) is 14.0. The zero-order valence-corrected chi connectivity index (χ0v) is 17.0. The summed E-state index contributed by atoms with van der Waals surface area (Å²) >= 11 is 6.18. The molecular formula is C21H23ClN4O3. The fourth-order valence-electron chi connectivity index (χ4n) is 3.84. The minimum absolute atomic E-state index is 0.230. The van der Waals surface area contributed by atoms with Gasteiger partial charge in [-0.2, -0.15) is 0 Å². The molecule has 1 saturated heterocycles. The van der Waals surface area contributed by atoms with Crippen LogP contribution in [0.1, 0.15) is 41.7 Å². The van der Waals surface area contributed by atoms with Crippen molar-refractivity contribution in [2.75, 3.05) is 19.7 Å². The largest absolute Gasteiger partial charge is 0.492 e. The maximum absolute atomic E-state index is 11.1. The summed E-state index contributed by atoms with van der Waals surface area (Å²) in [6, 6.07) is 11.2. The fraction of sp³-hybridized carbons (Fsp3) is 0.381. The maximum atomic E-state index is 11.1. The Labute approximate surface area is 173 Å². The summed E-state index contributed by atoms with van der Waals surface area (Å²) in [5, 5.41) is 18.2. The molecular weight excluding hydrogens is 392 g/mol. The summed E-state index contributed by atoms with van der Waals surface area (Å²) in [6.07, 6.45) is 1.93. The second kappa shape index (κ2) is 8.39. The molecule has 29 heavy (non-hydrogen) atoms. The second-order valence-corrected chi connectivity index (χ2v) is 7.65. The van der Waals surface area contributed by atoms with Gasteiger partial charge in [0, 0.05) is 19.6 Å². The molecule has 0 unspecified atom stereocenters. The average molecular weight is 415 g/mol. The quantitative estimate of drug-likeness (QED) is 0.656. The van der Waals surface area contributed by atoms with Gasteiger partial charge in [0.1, 0.15) is 11.3 Å². The minimum atomic E-state index is -0.954. The molecule has 1 N–H and O–H groups in total. The van der Waals surface area contributed by atoms with Crippen molar-refractivity contribution in [3.63, 3.8) is 0 Å². The van der Waals surface area contributed by atoms with Crippen LogP contribution >= 0.6 is 11.6 Å². The molecule has 4 rings (SSSR count). The second-order valence-electron chi connectivity index (χ2n) is 7.25. The molecule has 1 aromatic heterocycles. The molecule has 1 aliphatic heterocycles. The van der Waals surface area contributed by atoms with Crippen LogP contribution in [0.4, 0.5) is 0 Å². The van der Waals surface area contributed by atoms with Gasteiger partial charge in [0.2, 0.25) is 0 Å². The molecule has 2 heterocycles. The topological polar surface area (TPSA) is 80.5 Å². The molecule has 8 heteroatoms. The number of likely N-dealkylation sites (tertiary alicyclic amines) is 1. The Morgan fingerprint density at radius 1 is 1.24 bits per heavy atom. The van der Waals surface area contributed by atoms with Crippen molar-refractivity contribution in [3.8, 4) is 5.75 Å². The van der Waals surface area contributed by atoms with Crippen molar-refractivity contribution in [2.45, 2.75) is 32.4 Å². The van der Waals surface area contributed by atoms with Gasteiger partial charge in [-0.3, -0.25) is 4.90 Å². The number of aromatic carboxylic acids is 1. The van der Waals surface area contributed by atoms with Crippen LogP contribution in [0.3, 0.4) is 0 Å². The molecule has 1 aliphatic rings. The lowest BCUT2D eigenvalue weighted by Crippen LogP contribution is -2.34. The number of nitrogens with zero attached hydrogens (tertiary/aromatic N) is 4. The van der Waals surface area contributed by atoms with E-state index in [0.29, 0.717) is 17.1 Å². The summed E-state index contributed by atoms with van der Waals surface area (Å²) in [6.45, 7) is 5.29. The van der Waals surface area contributed by atoms with Crippen molar-refractivity contribution in [2.24, 2.45) is 0 Å². The van der Waals surface area contributed by atoms with Crippen LogP contribution in [-0.2, 0) is 6.54 Å². The van der Waals surface area contributed by atoms with Crippen LogP contribution in [0.15, 0.2) is 36.4 Å². The van der Waals surface area contributed by atoms with Gasteiger partial charge >= 0.3 is 5.97 Å². The van der Waals surface area contributed by atoms with E-state index in [-0.39, 0.29) is 11.6 Å². The molecule has 2 aromatic carbocycles. The van der Waals surface area contributed by atoms with Gasteiger partial charge in [0.05, 0.1) is 28.8 Å². The number of ether oxygens (including phenoxy) is 1. The molecule has 1 fully saturated rings. The smallest absolute Gasteiger partial charge is 0.335 e. The number of aromatic nitrogens is 3. The van der Waals surface area contributed by atoms with E-state index >= 15 is 0 Å². The van der Waals surface area contributed by atoms with E-state index in [2.05, 4.69) is 15.2 Å². The summed E-state index contributed by atoms with van der Waals surface area (Å²) in [5.74, 6) is -0.221. The molecule has 3 aromatic rings. The highest BCUT2D eigenvalue weighted by Gasteiger charge is 2.23. The molecule has 0 radical (unpaired) electrons. The average Bonchev–Trinajstić information content (AvgIpc) is 3.14. The zero-order chi connectivity index (χ0) is 20.4. The van der Waals surface area contributed by atoms with Crippen LogP contribution in [0.2, 0.25) is 5.02 Å². The van der Waals surface area contributed by atoms with E-state index in [4.69, 9.17) is 21.4 Å². The van der Waals surface area contributed by atoms with Gasteiger partial charge in [-0.05, 0) is 55.7 Å². The number of rotatable bonds is 6. The predicted octanol–water partition coefficient (Wildman–Crippen LogP) is 4.02. The Morgan fingerprint density at radius 3 is 2.76 bits per heavy atom. The molecule has 0 bridgehead atoms. The number of fused-ring (bicyclic) bond motifs is 1. The predicted molar refractivity (Wildman–Crippen MR) is 111 cm³/mol. The third-order valence-electron chi connectivity index (χ3n) is 5.32. The van der Waals surface area contributed by atoms with Crippen molar-refractivity contribution < 1.29 is 14.6 Å². The third-order valence-corrected chi connectivity index (χ3v) is 5.63. The molecule has 0 saturated carbocycles. The lowest BCUT2D eigenvalue weighted by Gasteiger charge is -2.32. The van der Waals surface area contributed by atoms with Gasteiger partial charge in [0.25, 0.3) is 0 Å². The Kier molecular flexibility index (Phi) is 5.69. The summed E-state index contributed by atoms with van der Waals surface area (Å²) in [4.78, 5) is 13.6. The molecule has 0 spiro atoms. The van der Waals surface area contributed by atoms with Crippen LogP contribution in [0.5, 0.6) is 5.75 Å². The Morgan fingerprint density at radius 2 is 2.03 bits per heavy atom. The molecule has 152 valence electrons. The van der Waals surface area contributed by atoms with Gasteiger partial charge in [-0.1, -0.05) is 22.9 Å². The summed E-state index contributed by atoms with van der Waals surface area (Å²) < 4.78 is 7.53. The van der Waals surface area contributed by atoms with E-state index in [1.807, 2.05) is 29.8 Å².